The highest BCUT2D eigenvalue weighted by Gasteiger charge is 2.23. The van der Waals surface area contributed by atoms with Crippen LogP contribution in [-0.4, -0.2) is 46.5 Å². The number of aromatic amines is 1. The van der Waals surface area contributed by atoms with Gasteiger partial charge in [-0.25, -0.2) is 9.37 Å². The number of benzene rings is 3. The number of hydrogen-bond donors (Lipinski definition) is 2. The average molecular weight is 484 g/mol. The van der Waals surface area contributed by atoms with Crippen molar-refractivity contribution >= 4 is 22.6 Å². The van der Waals surface area contributed by atoms with Crippen molar-refractivity contribution < 1.29 is 9.18 Å². The second-order valence-electron chi connectivity index (χ2n) is 9.78. The molecule has 0 spiro atoms. The summed E-state index contributed by atoms with van der Waals surface area (Å²) in [6.07, 6.45) is 2.98. The van der Waals surface area contributed by atoms with Gasteiger partial charge in [-0.2, -0.15) is 0 Å². The summed E-state index contributed by atoms with van der Waals surface area (Å²) < 4.78 is 13.4. The molecule has 3 heterocycles. The van der Waals surface area contributed by atoms with Crippen molar-refractivity contribution in [2.24, 2.45) is 0 Å². The zero-order valence-electron chi connectivity index (χ0n) is 20.2. The lowest BCUT2D eigenvalue weighted by atomic mass is 9.99. The molecule has 6 rings (SSSR count). The van der Waals surface area contributed by atoms with Crippen LogP contribution in [0.5, 0.6) is 0 Å². The number of hydrogen-bond acceptors (Lipinski definition) is 4. The van der Waals surface area contributed by atoms with E-state index in [1.165, 1.54) is 23.3 Å². The van der Waals surface area contributed by atoms with Crippen LogP contribution in [0.25, 0.3) is 11.0 Å². The van der Waals surface area contributed by atoms with Crippen LogP contribution in [-0.2, 0) is 19.5 Å². The van der Waals surface area contributed by atoms with E-state index >= 15 is 0 Å². The van der Waals surface area contributed by atoms with Gasteiger partial charge in [0, 0.05) is 43.5 Å². The molecule has 184 valence electrons. The second-order valence-corrected chi connectivity index (χ2v) is 9.78. The quantitative estimate of drug-likeness (QED) is 0.434. The summed E-state index contributed by atoms with van der Waals surface area (Å²) >= 11 is 0. The van der Waals surface area contributed by atoms with Gasteiger partial charge in [-0.05, 0) is 72.9 Å². The Morgan fingerprint density at radius 2 is 1.78 bits per heavy atom. The topological polar surface area (TPSA) is 64.3 Å². The number of imidazole rings is 1. The fraction of sp³-hybridized carbons (Fsp3) is 0.310. The monoisotopic (exact) mass is 483 g/mol. The van der Waals surface area contributed by atoms with Crippen molar-refractivity contribution in [2.75, 3.05) is 24.5 Å². The lowest BCUT2D eigenvalue weighted by Gasteiger charge is -2.34. The molecule has 1 fully saturated rings. The molecule has 6 nitrogen and oxygen atoms in total. The number of carbonyl (C=O) groups is 1. The number of halogens is 1. The maximum atomic E-state index is 13.4. The van der Waals surface area contributed by atoms with Crippen LogP contribution in [0.2, 0.25) is 0 Å². The molecule has 36 heavy (non-hydrogen) atoms. The first kappa shape index (κ1) is 22.7. The van der Waals surface area contributed by atoms with E-state index in [4.69, 9.17) is 0 Å². The van der Waals surface area contributed by atoms with Gasteiger partial charge in [0.25, 0.3) is 5.91 Å². The molecule has 7 heteroatoms. The van der Waals surface area contributed by atoms with Gasteiger partial charge in [0.05, 0.1) is 17.6 Å². The number of nitrogens with one attached hydrogen (secondary N) is 2. The van der Waals surface area contributed by atoms with E-state index in [9.17, 15) is 9.18 Å². The lowest BCUT2D eigenvalue weighted by molar-refractivity contribution is 0.0734. The van der Waals surface area contributed by atoms with Crippen molar-refractivity contribution in [1.82, 2.24) is 20.2 Å². The molecule has 1 amide bonds. The Morgan fingerprint density at radius 3 is 2.58 bits per heavy atom. The zero-order chi connectivity index (χ0) is 24.5. The number of amides is 1. The van der Waals surface area contributed by atoms with Gasteiger partial charge < -0.3 is 20.1 Å². The van der Waals surface area contributed by atoms with Gasteiger partial charge in [0.1, 0.15) is 11.6 Å². The highest BCUT2D eigenvalue weighted by molar-refractivity contribution is 5.94. The van der Waals surface area contributed by atoms with E-state index in [1.807, 2.05) is 23.1 Å². The van der Waals surface area contributed by atoms with Gasteiger partial charge in [0.2, 0.25) is 0 Å². The van der Waals surface area contributed by atoms with Crippen LogP contribution >= 0.6 is 0 Å². The van der Waals surface area contributed by atoms with Crippen molar-refractivity contribution in [2.45, 2.75) is 38.4 Å². The zero-order valence-corrected chi connectivity index (χ0v) is 20.2. The summed E-state index contributed by atoms with van der Waals surface area (Å²) in [7, 11) is 0. The van der Waals surface area contributed by atoms with Crippen LogP contribution < -0.4 is 10.2 Å². The molecule has 1 aromatic heterocycles. The highest BCUT2D eigenvalue weighted by Crippen LogP contribution is 2.24. The first-order valence-electron chi connectivity index (χ1n) is 12.7. The fourth-order valence-corrected chi connectivity index (χ4v) is 5.37. The van der Waals surface area contributed by atoms with Crippen LogP contribution in [0.1, 0.15) is 40.2 Å². The maximum absolute atomic E-state index is 13.4. The number of rotatable bonds is 5. The summed E-state index contributed by atoms with van der Waals surface area (Å²) in [5.41, 5.74) is 6.03. The first-order chi connectivity index (χ1) is 17.6. The van der Waals surface area contributed by atoms with Gasteiger partial charge in [-0.15, -0.1) is 0 Å². The van der Waals surface area contributed by atoms with Crippen molar-refractivity contribution in [1.29, 1.82) is 0 Å². The molecule has 0 unspecified atom stereocenters. The summed E-state index contributed by atoms with van der Waals surface area (Å²) in [6, 6.07) is 21.5. The summed E-state index contributed by atoms with van der Waals surface area (Å²) in [6.45, 7) is 4.00. The predicted octanol–water partition coefficient (Wildman–Crippen LogP) is 4.66. The fourth-order valence-electron chi connectivity index (χ4n) is 5.37. The number of fused-ring (bicyclic) bond motifs is 2. The normalized spacial score (nSPS) is 16.4. The molecule has 0 atom stereocenters. The molecular weight excluding hydrogens is 453 g/mol. The molecule has 3 aromatic carbocycles. The molecule has 2 aliphatic heterocycles. The van der Waals surface area contributed by atoms with Gasteiger partial charge in [-0.1, -0.05) is 24.3 Å². The molecule has 4 aromatic rings. The van der Waals surface area contributed by atoms with Crippen molar-refractivity contribution in [3.8, 4) is 0 Å². The maximum Gasteiger partial charge on any atom is 0.254 e. The number of piperidine rings is 1. The number of anilines is 1. The Kier molecular flexibility index (Phi) is 6.15. The van der Waals surface area contributed by atoms with E-state index in [0.29, 0.717) is 19.1 Å². The Bertz CT molecular complexity index is 1370. The predicted molar refractivity (Wildman–Crippen MR) is 139 cm³/mol. The standard InChI is InChI=1S/C29H30FN5O/c30-23-7-10-26-27(17-23)33-28(32-26)18-31-24-12-15-34(16-13-24)25-8-5-21(6-9-25)29(36)35-14-11-20-3-1-2-4-22(20)19-35/h1-10,17,24,31H,11-16,18-19H2,(H,32,33). The van der Waals surface area contributed by atoms with E-state index in [2.05, 4.69) is 50.5 Å². The molecule has 2 aliphatic rings. The Hall–Kier alpha value is -3.71. The minimum absolute atomic E-state index is 0.104. The van der Waals surface area contributed by atoms with Crippen LogP contribution in [0, 0.1) is 5.82 Å². The Labute approximate surface area is 210 Å². The summed E-state index contributed by atoms with van der Waals surface area (Å²) in [5, 5.41) is 3.59. The molecule has 0 bridgehead atoms. The van der Waals surface area contributed by atoms with Gasteiger partial charge in [0.15, 0.2) is 0 Å². The van der Waals surface area contributed by atoms with E-state index < -0.39 is 0 Å². The third-order valence-corrected chi connectivity index (χ3v) is 7.44. The molecule has 0 radical (unpaired) electrons. The molecular formula is C29H30FN5O. The largest absolute Gasteiger partial charge is 0.371 e. The number of carbonyl (C=O) groups excluding carboxylic acids is 1. The molecule has 0 aliphatic carbocycles. The van der Waals surface area contributed by atoms with Gasteiger partial charge >= 0.3 is 0 Å². The van der Waals surface area contributed by atoms with E-state index in [-0.39, 0.29) is 11.7 Å². The Balaban J connectivity index is 1.01. The van der Waals surface area contributed by atoms with Crippen molar-refractivity contribution in [3.05, 3.63) is 95.1 Å². The highest BCUT2D eigenvalue weighted by atomic mass is 19.1. The lowest BCUT2D eigenvalue weighted by Crippen LogP contribution is -2.42. The van der Waals surface area contributed by atoms with E-state index in [0.717, 1.165) is 67.0 Å². The van der Waals surface area contributed by atoms with Crippen LogP contribution in [0.3, 0.4) is 0 Å². The summed E-state index contributed by atoms with van der Waals surface area (Å²) in [4.78, 5) is 25.2. The van der Waals surface area contributed by atoms with Gasteiger partial charge in [-0.3, -0.25) is 4.79 Å². The molecule has 2 N–H and O–H groups in total. The SMILES string of the molecule is O=C(c1ccc(N2CCC(NCc3nc4ccc(F)cc4[nH]3)CC2)cc1)N1CCc2ccccc2C1. The third-order valence-electron chi connectivity index (χ3n) is 7.44. The minimum atomic E-state index is -0.257. The minimum Gasteiger partial charge on any atom is -0.371 e. The smallest absolute Gasteiger partial charge is 0.254 e. The first-order valence-corrected chi connectivity index (χ1v) is 12.7. The second kappa shape index (κ2) is 9.74. The van der Waals surface area contributed by atoms with Crippen LogP contribution in [0.15, 0.2) is 66.7 Å². The summed E-state index contributed by atoms with van der Waals surface area (Å²) in [5.74, 6) is 0.676. The van der Waals surface area contributed by atoms with Crippen molar-refractivity contribution in [3.63, 3.8) is 0 Å². The van der Waals surface area contributed by atoms with Crippen LogP contribution in [0.4, 0.5) is 10.1 Å². The molecule has 0 saturated carbocycles. The Morgan fingerprint density at radius 1 is 1.00 bits per heavy atom. The number of nitrogens with zero attached hydrogens (tertiary/aromatic N) is 3. The number of H-pyrrole nitrogens is 1. The number of aromatic nitrogens is 2. The van der Waals surface area contributed by atoms with E-state index in [1.54, 1.807) is 6.07 Å². The third kappa shape index (κ3) is 4.71. The average Bonchev–Trinajstić information content (AvgIpc) is 3.33. The molecule has 1 saturated heterocycles.